The largest absolute Gasteiger partial charge is 0.324 e. The maximum Gasteiger partial charge on any atom is 0.164 e. The van der Waals surface area contributed by atoms with Gasteiger partial charge in [0.2, 0.25) is 0 Å². The number of rotatable bonds is 2. The molecule has 0 spiro atoms. The molecule has 57 heavy (non-hydrogen) atoms. The summed E-state index contributed by atoms with van der Waals surface area (Å²) in [6.07, 6.45) is 8.16. The second kappa shape index (κ2) is 12.1. The first kappa shape index (κ1) is 31.5. The number of hydrogen-bond donors (Lipinski definition) is 2. The molecule has 0 saturated heterocycles. The molecule has 0 unspecified atom stereocenters. The lowest BCUT2D eigenvalue weighted by Gasteiger charge is -2.03. The maximum absolute atomic E-state index is 5.31. The van der Waals surface area contributed by atoms with Gasteiger partial charge in [-0.05, 0) is 93.3 Å². The number of fused-ring (bicyclic) bond motifs is 23. The van der Waals surface area contributed by atoms with E-state index in [9.17, 15) is 0 Å². The number of nitrogens with zero attached hydrogens (tertiary/aromatic N) is 6. The highest BCUT2D eigenvalue weighted by Crippen LogP contribution is 2.40. The highest BCUT2D eigenvalue weighted by Gasteiger charge is 2.24. The molecule has 10 aromatic rings. The van der Waals surface area contributed by atoms with Gasteiger partial charge in [0.15, 0.2) is 23.3 Å². The maximum atomic E-state index is 5.31. The van der Waals surface area contributed by atoms with E-state index in [1.54, 1.807) is 0 Å². The Morgan fingerprint density at radius 2 is 0.737 bits per heavy atom. The molecular weight excluding hydrogens is 701 g/mol. The summed E-state index contributed by atoms with van der Waals surface area (Å²) < 4.78 is 0. The number of H-pyrrole nitrogens is 2. The van der Waals surface area contributed by atoms with Crippen LogP contribution in [0.5, 0.6) is 0 Å². The molecular formula is C49H30N8. The smallest absolute Gasteiger partial charge is 0.164 e. The van der Waals surface area contributed by atoms with Crippen LogP contribution >= 0.6 is 0 Å². The van der Waals surface area contributed by atoms with Gasteiger partial charge >= 0.3 is 0 Å². The fourth-order valence-electron chi connectivity index (χ4n) is 8.25. The molecule has 3 aromatic heterocycles. The van der Waals surface area contributed by atoms with Gasteiger partial charge in [0.25, 0.3) is 0 Å². The summed E-state index contributed by atoms with van der Waals surface area (Å²) in [5, 5.41) is 10.4. The van der Waals surface area contributed by atoms with Crippen molar-refractivity contribution in [3.63, 3.8) is 0 Å². The molecule has 2 aliphatic rings. The molecule has 0 saturated carbocycles. The predicted octanol–water partition coefficient (Wildman–Crippen LogP) is 11.9. The van der Waals surface area contributed by atoms with Crippen molar-refractivity contribution in [1.82, 2.24) is 39.9 Å². The molecule has 8 nitrogen and oxygen atoms in total. The van der Waals surface area contributed by atoms with Crippen LogP contribution in [0, 0.1) is 0 Å². The zero-order chi connectivity index (χ0) is 37.6. The fourth-order valence-corrected chi connectivity index (χ4v) is 8.25. The van der Waals surface area contributed by atoms with Gasteiger partial charge in [-0.15, -0.1) is 0 Å². The third-order valence-corrected chi connectivity index (χ3v) is 11.0. The van der Waals surface area contributed by atoms with Crippen molar-refractivity contribution in [3.05, 3.63) is 151 Å². The highest BCUT2D eigenvalue weighted by atomic mass is 15.1. The van der Waals surface area contributed by atoms with Gasteiger partial charge < -0.3 is 9.97 Å². The SMILES string of the molecule is C/C=C\C=C/c1ccc2c3nc4nc(nc5[nH]c(nc6nc(nc([nH]3)c2c1)-c1cc2ccccc2cc1-6)c1cc2ccccc2cc51)-c1cc2ccccc2cc1-4. The van der Waals surface area contributed by atoms with Crippen LogP contribution in [0.15, 0.2) is 146 Å². The summed E-state index contributed by atoms with van der Waals surface area (Å²) in [5.41, 5.74) is 7.33. The van der Waals surface area contributed by atoms with Gasteiger partial charge in [-0.25, -0.2) is 29.9 Å². The molecule has 0 atom stereocenters. The summed E-state index contributed by atoms with van der Waals surface area (Å²) >= 11 is 0. The molecule has 0 amide bonds. The summed E-state index contributed by atoms with van der Waals surface area (Å²) in [6, 6.07) is 44.4. The second-order valence-electron chi connectivity index (χ2n) is 14.5. The van der Waals surface area contributed by atoms with Gasteiger partial charge in [0.1, 0.15) is 22.6 Å². The Morgan fingerprint density at radius 3 is 1.14 bits per heavy atom. The van der Waals surface area contributed by atoms with Crippen molar-refractivity contribution in [2.24, 2.45) is 0 Å². The minimum atomic E-state index is 0.572. The van der Waals surface area contributed by atoms with E-state index < -0.39 is 0 Å². The Morgan fingerprint density at radius 1 is 0.368 bits per heavy atom. The molecule has 5 heterocycles. The van der Waals surface area contributed by atoms with E-state index in [4.69, 9.17) is 29.9 Å². The lowest BCUT2D eigenvalue weighted by molar-refractivity contribution is 1.19. The summed E-state index contributed by atoms with van der Waals surface area (Å²) in [6.45, 7) is 2.01. The molecule has 0 fully saturated rings. The van der Waals surface area contributed by atoms with Crippen LogP contribution in [0.4, 0.5) is 0 Å². The molecule has 0 aliphatic carbocycles. The topological polar surface area (TPSA) is 109 Å². The number of allylic oxidation sites excluding steroid dienone is 3. The Hall–Kier alpha value is -7.84. The number of aromatic nitrogens is 8. The lowest BCUT2D eigenvalue weighted by Crippen LogP contribution is -1.84. The van der Waals surface area contributed by atoms with Crippen LogP contribution < -0.4 is 0 Å². The fraction of sp³-hybridized carbons (Fsp3) is 0.0204. The van der Waals surface area contributed by atoms with E-state index in [1.165, 1.54) is 0 Å². The number of aromatic amines is 2. The Balaban J connectivity index is 1.26. The van der Waals surface area contributed by atoms with Crippen molar-refractivity contribution in [3.8, 4) is 45.6 Å². The Labute approximate surface area is 325 Å². The van der Waals surface area contributed by atoms with Crippen molar-refractivity contribution in [2.45, 2.75) is 6.92 Å². The average Bonchev–Trinajstić information content (AvgIpc) is 3.96. The Bertz CT molecular complexity index is 3610. The second-order valence-corrected chi connectivity index (χ2v) is 14.5. The van der Waals surface area contributed by atoms with E-state index in [2.05, 4.69) is 143 Å². The zero-order valence-electron chi connectivity index (χ0n) is 30.6. The number of benzene rings is 7. The monoisotopic (exact) mass is 730 g/mol. The van der Waals surface area contributed by atoms with E-state index in [-0.39, 0.29) is 0 Å². The van der Waals surface area contributed by atoms with Gasteiger partial charge in [-0.3, -0.25) is 0 Å². The van der Waals surface area contributed by atoms with Crippen LogP contribution in [-0.4, -0.2) is 39.9 Å². The molecule has 2 aliphatic heterocycles. The normalized spacial score (nSPS) is 12.5. The van der Waals surface area contributed by atoms with Crippen molar-refractivity contribution in [1.29, 1.82) is 0 Å². The summed E-state index contributed by atoms with van der Waals surface area (Å²) in [7, 11) is 0. The van der Waals surface area contributed by atoms with E-state index in [0.29, 0.717) is 45.9 Å². The molecule has 8 heteroatoms. The predicted molar refractivity (Wildman–Crippen MR) is 232 cm³/mol. The summed E-state index contributed by atoms with van der Waals surface area (Å²) in [5.74, 6) is 2.30. The van der Waals surface area contributed by atoms with Gasteiger partial charge in [0.05, 0.1) is 0 Å². The van der Waals surface area contributed by atoms with Crippen molar-refractivity contribution in [2.75, 3.05) is 0 Å². The molecule has 2 N–H and O–H groups in total. The quantitative estimate of drug-likeness (QED) is 0.171. The van der Waals surface area contributed by atoms with Crippen LogP contribution in [0.3, 0.4) is 0 Å². The van der Waals surface area contributed by atoms with E-state index >= 15 is 0 Å². The van der Waals surface area contributed by atoms with Crippen molar-refractivity contribution >= 4 is 82.5 Å². The Kier molecular flexibility index (Phi) is 6.68. The molecule has 8 bridgehead atoms. The number of nitrogens with one attached hydrogen (secondary N) is 2. The third kappa shape index (κ3) is 5.01. The first-order valence-electron chi connectivity index (χ1n) is 19.0. The van der Waals surface area contributed by atoms with E-state index in [1.807, 2.05) is 25.2 Å². The molecule has 12 rings (SSSR count). The van der Waals surface area contributed by atoms with Crippen LogP contribution in [-0.2, 0) is 0 Å². The van der Waals surface area contributed by atoms with E-state index in [0.717, 1.165) is 81.7 Å². The van der Waals surface area contributed by atoms with Gasteiger partial charge in [0, 0.05) is 43.8 Å². The molecule has 266 valence electrons. The average molecular weight is 731 g/mol. The molecule has 0 radical (unpaired) electrons. The minimum absolute atomic E-state index is 0.572. The minimum Gasteiger partial charge on any atom is -0.324 e. The standard InChI is InChI=1S/C49H30N8/c1-2-3-4-11-27-18-19-34-35(20-27)43-50-42(34)51-44-36-21-28-12-5-6-13-29(28)22-37(36)46(53-44)55-48-40-25-32-16-9-10-17-33(32)26-41(40)49(57-48)56-47-39-24-31-15-8-7-14-30(31)23-38(39)45(52-43)54-47/h2-26H,1H3,(H2,50,51,52,53,54,55,56,57)/b3-2-,11-4-. The first-order chi connectivity index (χ1) is 28.1. The van der Waals surface area contributed by atoms with Crippen molar-refractivity contribution < 1.29 is 0 Å². The zero-order valence-corrected chi connectivity index (χ0v) is 30.6. The van der Waals surface area contributed by atoms with Crippen LogP contribution in [0.25, 0.3) is 128 Å². The lowest BCUT2D eigenvalue weighted by atomic mass is 10.0. The van der Waals surface area contributed by atoms with Gasteiger partial charge in [-0.2, -0.15) is 0 Å². The van der Waals surface area contributed by atoms with Crippen LogP contribution in [0.1, 0.15) is 12.5 Å². The number of hydrogen-bond acceptors (Lipinski definition) is 6. The first-order valence-corrected chi connectivity index (χ1v) is 19.0. The third-order valence-electron chi connectivity index (χ3n) is 11.0. The van der Waals surface area contributed by atoms with Gasteiger partial charge in [-0.1, -0.05) is 103 Å². The van der Waals surface area contributed by atoms with Crippen LogP contribution in [0.2, 0.25) is 0 Å². The summed E-state index contributed by atoms with van der Waals surface area (Å²) in [4.78, 5) is 38.8. The molecule has 7 aromatic carbocycles. The highest BCUT2D eigenvalue weighted by molar-refractivity contribution is 6.12.